The van der Waals surface area contributed by atoms with E-state index >= 15 is 0 Å². The van der Waals surface area contributed by atoms with E-state index in [9.17, 15) is 9.18 Å². The zero-order valence-corrected chi connectivity index (χ0v) is 15.8. The molecule has 0 N–H and O–H groups in total. The first kappa shape index (κ1) is 17.8. The van der Waals surface area contributed by atoms with Crippen LogP contribution in [0.4, 0.5) is 14.9 Å². The van der Waals surface area contributed by atoms with E-state index in [2.05, 4.69) is 4.98 Å². The molecule has 0 atom stereocenters. The van der Waals surface area contributed by atoms with Gasteiger partial charge in [0.05, 0.1) is 29.4 Å². The van der Waals surface area contributed by atoms with Crippen LogP contribution >= 0.6 is 23.5 Å². The van der Waals surface area contributed by atoms with Gasteiger partial charge in [-0.05, 0) is 48.3 Å². The van der Waals surface area contributed by atoms with Crippen LogP contribution in [0.25, 0.3) is 0 Å². The van der Waals surface area contributed by atoms with Gasteiger partial charge in [-0.3, -0.25) is 14.2 Å². The van der Waals surface area contributed by atoms with Gasteiger partial charge < -0.3 is 0 Å². The molecule has 2 amide bonds. The Bertz CT molecular complexity index is 966. The summed E-state index contributed by atoms with van der Waals surface area (Å²) < 4.78 is 15.9. The van der Waals surface area contributed by atoms with Crippen molar-refractivity contribution in [2.24, 2.45) is 0 Å². The molecule has 0 radical (unpaired) electrons. The number of halogens is 2. The molecular weight excluding hydrogens is 385 g/mol. The Hall–Kier alpha value is -2.57. The molecule has 0 unspecified atom stereocenters. The number of carbonyl (C=O) groups excluding carboxylic acids is 1. The maximum Gasteiger partial charge on any atom is 0.335 e. The summed E-state index contributed by atoms with van der Waals surface area (Å²) >= 11 is 7.54. The quantitative estimate of drug-likeness (QED) is 0.542. The highest BCUT2D eigenvalue weighted by molar-refractivity contribution is 7.97. The maximum absolute atomic E-state index is 14.3. The van der Waals surface area contributed by atoms with Crippen molar-refractivity contribution in [2.75, 3.05) is 4.90 Å². The molecule has 27 heavy (non-hydrogen) atoms. The molecule has 7 heteroatoms. The molecule has 0 bridgehead atoms. The number of hydrogen-bond donors (Lipinski definition) is 0. The lowest BCUT2D eigenvalue weighted by Crippen LogP contribution is -2.42. The second kappa shape index (κ2) is 7.58. The first-order valence-corrected chi connectivity index (χ1v) is 9.47. The predicted octanol–water partition coefficient (Wildman–Crippen LogP) is 5.52. The molecule has 1 aliphatic heterocycles. The number of benzene rings is 2. The number of pyridine rings is 1. The fourth-order valence-electron chi connectivity index (χ4n) is 2.89. The number of amides is 2. The summed E-state index contributed by atoms with van der Waals surface area (Å²) in [4.78, 5) is 19.9. The third-order valence-corrected chi connectivity index (χ3v) is 5.62. The summed E-state index contributed by atoms with van der Waals surface area (Å²) in [6, 6.07) is 17.4. The summed E-state index contributed by atoms with van der Waals surface area (Å²) in [5.74, 6) is -0.428. The van der Waals surface area contributed by atoms with E-state index in [0.717, 1.165) is 16.3 Å². The van der Waals surface area contributed by atoms with E-state index < -0.39 is 5.82 Å². The summed E-state index contributed by atoms with van der Waals surface area (Å²) in [5, 5.41) is 0.301. The van der Waals surface area contributed by atoms with Gasteiger partial charge in [-0.2, -0.15) is 0 Å². The maximum atomic E-state index is 14.3. The van der Waals surface area contributed by atoms with Crippen molar-refractivity contribution in [1.29, 1.82) is 0 Å². The molecule has 1 aliphatic rings. The van der Waals surface area contributed by atoms with Gasteiger partial charge in [-0.1, -0.05) is 35.9 Å². The van der Waals surface area contributed by atoms with Crippen LogP contribution in [-0.2, 0) is 13.1 Å². The van der Waals surface area contributed by atoms with Crippen LogP contribution in [-0.4, -0.2) is 15.3 Å². The topological polar surface area (TPSA) is 36.4 Å². The van der Waals surface area contributed by atoms with Gasteiger partial charge in [0.25, 0.3) is 0 Å². The van der Waals surface area contributed by atoms with Crippen molar-refractivity contribution in [3.8, 4) is 0 Å². The van der Waals surface area contributed by atoms with Crippen molar-refractivity contribution in [3.63, 3.8) is 0 Å². The fourth-order valence-corrected chi connectivity index (χ4v) is 4.13. The molecule has 2 aromatic carbocycles. The monoisotopic (exact) mass is 399 g/mol. The molecule has 0 saturated heterocycles. The molecule has 0 saturated carbocycles. The Balaban J connectivity index is 1.69. The number of nitrogens with zero attached hydrogens (tertiary/aromatic N) is 3. The van der Waals surface area contributed by atoms with Gasteiger partial charge in [0.1, 0.15) is 5.82 Å². The predicted molar refractivity (Wildman–Crippen MR) is 105 cm³/mol. The number of rotatable bonds is 4. The SMILES string of the molecule is O=C1N(Cc2ccccn2)Sc2ccccc2N1Cc1c(F)cccc1Cl. The molecule has 4 rings (SSSR count). The zero-order valence-electron chi connectivity index (χ0n) is 14.2. The van der Waals surface area contributed by atoms with E-state index in [1.165, 1.54) is 18.0 Å². The minimum atomic E-state index is -0.428. The van der Waals surface area contributed by atoms with Gasteiger partial charge in [0, 0.05) is 16.8 Å². The minimum absolute atomic E-state index is 0.0562. The number of para-hydroxylation sites is 1. The first-order valence-electron chi connectivity index (χ1n) is 8.32. The second-order valence-corrected chi connectivity index (χ2v) is 7.46. The standard InChI is InChI=1S/C20H15ClFN3OS/c21-16-7-5-8-17(22)15(16)13-24-18-9-1-2-10-19(18)27-25(20(24)26)12-14-6-3-4-11-23-14/h1-11H,12-13H2. The van der Waals surface area contributed by atoms with Crippen LogP contribution in [0.5, 0.6) is 0 Å². The first-order chi connectivity index (χ1) is 13.1. The summed E-state index contributed by atoms with van der Waals surface area (Å²) in [5.41, 5.74) is 1.82. The van der Waals surface area contributed by atoms with Crippen LogP contribution in [0.1, 0.15) is 11.3 Å². The Morgan fingerprint density at radius 1 is 1.00 bits per heavy atom. The number of fused-ring (bicyclic) bond motifs is 1. The molecule has 0 aliphatic carbocycles. The Kier molecular flexibility index (Phi) is 5.01. The highest BCUT2D eigenvalue weighted by Crippen LogP contribution is 2.40. The van der Waals surface area contributed by atoms with Crippen LogP contribution in [0.2, 0.25) is 5.02 Å². The summed E-state index contributed by atoms with van der Waals surface area (Å²) in [6.07, 6.45) is 1.69. The van der Waals surface area contributed by atoms with E-state index in [-0.39, 0.29) is 12.6 Å². The third-order valence-electron chi connectivity index (χ3n) is 4.22. The van der Waals surface area contributed by atoms with Crippen molar-refractivity contribution in [2.45, 2.75) is 18.0 Å². The number of carbonyl (C=O) groups is 1. The van der Waals surface area contributed by atoms with Gasteiger partial charge in [0.15, 0.2) is 0 Å². The Morgan fingerprint density at radius 2 is 1.81 bits per heavy atom. The zero-order chi connectivity index (χ0) is 18.8. The highest BCUT2D eigenvalue weighted by Gasteiger charge is 2.32. The van der Waals surface area contributed by atoms with E-state index in [0.29, 0.717) is 17.1 Å². The fraction of sp³-hybridized carbons (Fsp3) is 0.100. The van der Waals surface area contributed by atoms with Crippen molar-refractivity contribution in [1.82, 2.24) is 9.29 Å². The lowest BCUT2D eigenvalue weighted by molar-refractivity contribution is 0.229. The third kappa shape index (κ3) is 3.63. The van der Waals surface area contributed by atoms with Crippen molar-refractivity contribution < 1.29 is 9.18 Å². The number of hydrogen-bond acceptors (Lipinski definition) is 3. The van der Waals surface area contributed by atoms with Crippen LogP contribution in [0.3, 0.4) is 0 Å². The van der Waals surface area contributed by atoms with E-state index in [4.69, 9.17) is 11.6 Å². The highest BCUT2D eigenvalue weighted by atomic mass is 35.5. The van der Waals surface area contributed by atoms with Crippen LogP contribution < -0.4 is 4.90 Å². The molecular formula is C20H15ClFN3OS. The van der Waals surface area contributed by atoms with E-state index in [1.54, 1.807) is 27.5 Å². The second-order valence-electron chi connectivity index (χ2n) is 5.99. The average Bonchev–Trinajstić information content (AvgIpc) is 2.68. The van der Waals surface area contributed by atoms with E-state index in [1.807, 2.05) is 42.5 Å². The molecule has 3 aromatic rings. The lowest BCUT2D eigenvalue weighted by atomic mass is 10.2. The number of urea groups is 1. The minimum Gasteiger partial charge on any atom is -0.288 e. The van der Waals surface area contributed by atoms with Crippen molar-refractivity contribution >= 4 is 35.3 Å². The largest absolute Gasteiger partial charge is 0.335 e. The number of anilines is 1. The van der Waals surface area contributed by atoms with Gasteiger partial charge >= 0.3 is 6.03 Å². The molecule has 0 fully saturated rings. The Labute approximate surface area is 165 Å². The summed E-state index contributed by atoms with van der Waals surface area (Å²) in [6.45, 7) is 0.404. The molecule has 0 spiro atoms. The summed E-state index contributed by atoms with van der Waals surface area (Å²) in [7, 11) is 0. The number of aromatic nitrogens is 1. The van der Waals surface area contributed by atoms with Gasteiger partial charge in [0.2, 0.25) is 0 Å². The molecule has 1 aromatic heterocycles. The molecule has 2 heterocycles. The van der Waals surface area contributed by atoms with Gasteiger partial charge in [-0.15, -0.1) is 0 Å². The van der Waals surface area contributed by atoms with Crippen LogP contribution in [0.15, 0.2) is 71.8 Å². The normalized spacial score (nSPS) is 13.6. The average molecular weight is 400 g/mol. The smallest absolute Gasteiger partial charge is 0.288 e. The Morgan fingerprint density at radius 3 is 2.59 bits per heavy atom. The molecule has 136 valence electrons. The molecule has 4 nitrogen and oxygen atoms in total. The van der Waals surface area contributed by atoms with Crippen molar-refractivity contribution in [3.05, 3.63) is 89.0 Å². The van der Waals surface area contributed by atoms with Gasteiger partial charge in [-0.25, -0.2) is 9.18 Å². The lowest BCUT2D eigenvalue weighted by Gasteiger charge is -2.36. The van der Waals surface area contributed by atoms with Crippen LogP contribution in [0, 0.1) is 5.82 Å².